The average molecular weight is 226 g/mol. The van der Waals surface area contributed by atoms with Crippen LogP contribution in [-0.4, -0.2) is 37.6 Å². The van der Waals surface area contributed by atoms with E-state index in [1.807, 2.05) is 13.8 Å². The Morgan fingerprint density at radius 1 is 1.19 bits per heavy atom. The molecule has 0 aliphatic carbocycles. The summed E-state index contributed by atoms with van der Waals surface area (Å²) in [4.78, 5) is 8.99. The van der Waals surface area contributed by atoms with Gasteiger partial charge in [0.15, 0.2) is 0 Å². The van der Waals surface area contributed by atoms with Crippen molar-refractivity contribution in [1.82, 2.24) is 0 Å². The van der Waals surface area contributed by atoms with Crippen molar-refractivity contribution < 1.29 is 9.47 Å². The predicted octanol–water partition coefficient (Wildman–Crippen LogP) is 2.28. The van der Waals surface area contributed by atoms with E-state index in [9.17, 15) is 0 Å². The largest absolute Gasteiger partial charge is 0.480 e. The summed E-state index contributed by atoms with van der Waals surface area (Å²) in [6.07, 6.45) is 0. The first-order chi connectivity index (χ1) is 7.49. The topological polar surface area (TPSA) is 43.2 Å². The van der Waals surface area contributed by atoms with Crippen molar-refractivity contribution in [3.8, 4) is 0 Å². The van der Waals surface area contributed by atoms with Crippen molar-refractivity contribution in [2.45, 2.75) is 40.7 Å². The minimum atomic E-state index is -0.0391. The van der Waals surface area contributed by atoms with Gasteiger partial charge in [-0.15, -0.1) is 0 Å². The normalized spacial score (nSPS) is 21.2. The SMILES string of the molecule is CCOC1=NC(C(C)(C)C)C(OCC)=NC1. The lowest BCUT2D eigenvalue weighted by Gasteiger charge is -2.30. The third-order valence-electron chi connectivity index (χ3n) is 2.30. The van der Waals surface area contributed by atoms with Crippen LogP contribution in [0.4, 0.5) is 0 Å². The van der Waals surface area contributed by atoms with Gasteiger partial charge in [0, 0.05) is 0 Å². The Morgan fingerprint density at radius 3 is 2.31 bits per heavy atom. The maximum absolute atomic E-state index is 5.54. The Morgan fingerprint density at radius 2 is 1.81 bits per heavy atom. The van der Waals surface area contributed by atoms with Gasteiger partial charge in [0.2, 0.25) is 11.8 Å². The molecule has 0 saturated carbocycles. The van der Waals surface area contributed by atoms with Crippen molar-refractivity contribution in [3.05, 3.63) is 0 Å². The zero-order valence-electron chi connectivity index (χ0n) is 10.9. The van der Waals surface area contributed by atoms with Crippen LogP contribution in [0.2, 0.25) is 0 Å². The molecule has 16 heavy (non-hydrogen) atoms. The molecule has 0 aromatic heterocycles. The van der Waals surface area contributed by atoms with Gasteiger partial charge in [-0.1, -0.05) is 20.8 Å². The quantitative estimate of drug-likeness (QED) is 0.725. The summed E-state index contributed by atoms with van der Waals surface area (Å²) in [7, 11) is 0. The molecule has 0 aromatic carbocycles. The van der Waals surface area contributed by atoms with E-state index in [0.717, 1.165) is 5.90 Å². The molecule has 0 amide bonds. The number of hydrogen-bond donors (Lipinski definition) is 0. The summed E-state index contributed by atoms with van der Waals surface area (Å²) in [5.74, 6) is 1.45. The number of aliphatic imine (C=N–C) groups is 2. The first-order valence-corrected chi connectivity index (χ1v) is 5.85. The monoisotopic (exact) mass is 226 g/mol. The van der Waals surface area contributed by atoms with Gasteiger partial charge < -0.3 is 9.47 Å². The van der Waals surface area contributed by atoms with E-state index in [1.165, 1.54) is 0 Å². The fraction of sp³-hybridized carbons (Fsp3) is 0.833. The molecular formula is C12H22N2O2. The lowest BCUT2D eigenvalue weighted by atomic mass is 9.86. The Bertz CT molecular complexity index is 290. The molecule has 4 heteroatoms. The Labute approximate surface area is 97.8 Å². The van der Waals surface area contributed by atoms with Crippen molar-refractivity contribution in [3.63, 3.8) is 0 Å². The zero-order valence-corrected chi connectivity index (χ0v) is 10.9. The number of hydrogen-bond acceptors (Lipinski definition) is 4. The van der Waals surface area contributed by atoms with Gasteiger partial charge in [0.05, 0.1) is 13.2 Å². The summed E-state index contributed by atoms with van der Waals surface area (Å²) >= 11 is 0. The lowest BCUT2D eigenvalue weighted by Crippen LogP contribution is -2.39. The molecule has 1 heterocycles. The number of ether oxygens (including phenoxy) is 2. The van der Waals surface area contributed by atoms with E-state index in [4.69, 9.17) is 9.47 Å². The van der Waals surface area contributed by atoms with Gasteiger partial charge in [-0.3, -0.25) is 0 Å². The third kappa shape index (κ3) is 3.22. The fourth-order valence-corrected chi connectivity index (χ4v) is 1.56. The molecule has 1 aliphatic rings. The van der Waals surface area contributed by atoms with Crippen LogP contribution in [0.1, 0.15) is 34.6 Å². The highest BCUT2D eigenvalue weighted by Crippen LogP contribution is 2.26. The van der Waals surface area contributed by atoms with E-state index in [1.54, 1.807) is 0 Å². The van der Waals surface area contributed by atoms with Crippen molar-refractivity contribution in [2.24, 2.45) is 15.4 Å². The molecule has 0 spiro atoms. The van der Waals surface area contributed by atoms with E-state index in [-0.39, 0.29) is 11.5 Å². The second-order valence-electron chi connectivity index (χ2n) is 4.81. The maximum atomic E-state index is 5.54. The standard InChI is InChI=1S/C12H22N2O2/c1-6-15-9-8-13-11(16-7-2)10(14-9)12(3,4)5/h10H,6-8H2,1-5H3. The third-order valence-corrected chi connectivity index (χ3v) is 2.30. The molecule has 92 valence electrons. The second kappa shape index (κ2) is 5.32. The van der Waals surface area contributed by atoms with E-state index in [2.05, 4.69) is 30.8 Å². The summed E-state index contributed by atoms with van der Waals surface area (Å²) in [5, 5.41) is 0. The van der Waals surface area contributed by atoms with E-state index in [0.29, 0.717) is 25.7 Å². The van der Waals surface area contributed by atoms with Crippen LogP contribution in [-0.2, 0) is 9.47 Å². The first-order valence-electron chi connectivity index (χ1n) is 5.85. The highest BCUT2D eigenvalue weighted by molar-refractivity contribution is 5.92. The Kier molecular flexibility index (Phi) is 4.33. The van der Waals surface area contributed by atoms with Crippen LogP contribution in [0.25, 0.3) is 0 Å². The number of nitrogens with zero attached hydrogens (tertiary/aromatic N) is 2. The van der Waals surface area contributed by atoms with Gasteiger partial charge in [0.1, 0.15) is 12.6 Å². The highest BCUT2D eigenvalue weighted by Gasteiger charge is 2.33. The van der Waals surface area contributed by atoms with Crippen LogP contribution in [0, 0.1) is 5.41 Å². The maximum Gasteiger partial charge on any atom is 0.210 e. The average Bonchev–Trinajstić information content (AvgIpc) is 2.19. The number of rotatable bonds is 2. The molecule has 0 aromatic rings. The fourth-order valence-electron chi connectivity index (χ4n) is 1.56. The van der Waals surface area contributed by atoms with Crippen LogP contribution >= 0.6 is 0 Å². The molecule has 0 bridgehead atoms. The minimum absolute atomic E-state index is 0.00320. The van der Waals surface area contributed by atoms with Crippen LogP contribution in [0.5, 0.6) is 0 Å². The highest BCUT2D eigenvalue weighted by atomic mass is 16.5. The lowest BCUT2D eigenvalue weighted by molar-refractivity contribution is 0.258. The molecule has 1 aliphatic heterocycles. The second-order valence-corrected chi connectivity index (χ2v) is 4.81. The van der Waals surface area contributed by atoms with Gasteiger partial charge >= 0.3 is 0 Å². The molecule has 1 unspecified atom stereocenters. The molecule has 0 saturated heterocycles. The summed E-state index contributed by atoms with van der Waals surface area (Å²) in [5.41, 5.74) is -0.00320. The van der Waals surface area contributed by atoms with Gasteiger partial charge in [0.25, 0.3) is 0 Å². The van der Waals surface area contributed by atoms with Crippen molar-refractivity contribution in [1.29, 1.82) is 0 Å². The van der Waals surface area contributed by atoms with Gasteiger partial charge in [-0.2, -0.15) is 0 Å². The smallest absolute Gasteiger partial charge is 0.210 e. The van der Waals surface area contributed by atoms with Crippen molar-refractivity contribution >= 4 is 11.8 Å². The summed E-state index contributed by atoms with van der Waals surface area (Å²) in [6, 6.07) is -0.0391. The zero-order chi connectivity index (χ0) is 12.2. The molecule has 0 radical (unpaired) electrons. The first kappa shape index (κ1) is 13.0. The molecule has 1 rings (SSSR count). The molecule has 1 atom stereocenters. The molecule has 0 N–H and O–H groups in total. The molecular weight excluding hydrogens is 204 g/mol. The van der Waals surface area contributed by atoms with Gasteiger partial charge in [-0.05, 0) is 19.3 Å². The predicted molar refractivity (Wildman–Crippen MR) is 66.2 cm³/mol. The Balaban J connectivity index is 2.84. The summed E-state index contributed by atoms with van der Waals surface area (Å²) in [6.45, 7) is 12.1. The summed E-state index contributed by atoms with van der Waals surface area (Å²) < 4.78 is 11.0. The molecule has 0 fully saturated rings. The van der Waals surface area contributed by atoms with Crippen LogP contribution in [0.15, 0.2) is 9.98 Å². The van der Waals surface area contributed by atoms with E-state index >= 15 is 0 Å². The van der Waals surface area contributed by atoms with Crippen molar-refractivity contribution in [2.75, 3.05) is 19.8 Å². The van der Waals surface area contributed by atoms with Gasteiger partial charge in [-0.25, -0.2) is 9.98 Å². The van der Waals surface area contributed by atoms with Crippen LogP contribution < -0.4 is 0 Å². The minimum Gasteiger partial charge on any atom is -0.480 e. The Hall–Kier alpha value is -1.06. The van der Waals surface area contributed by atoms with Crippen LogP contribution in [0.3, 0.4) is 0 Å². The molecule has 4 nitrogen and oxygen atoms in total. The van der Waals surface area contributed by atoms with E-state index < -0.39 is 0 Å².